The molecule has 0 fully saturated rings. The van der Waals surface area contributed by atoms with Gasteiger partial charge in [-0.1, -0.05) is 32.3 Å². The van der Waals surface area contributed by atoms with Gasteiger partial charge in [0.05, 0.1) is 0 Å². The molecule has 0 spiro atoms. The van der Waals surface area contributed by atoms with Gasteiger partial charge in [-0.3, -0.25) is 5.43 Å². The van der Waals surface area contributed by atoms with Crippen LogP contribution in [0.2, 0.25) is 0 Å². The maximum absolute atomic E-state index is 10.2. The van der Waals surface area contributed by atoms with Crippen molar-refractivity contribution in [3.8, 4) is 23.0 Å². The van der Waals surface area contributed by atoms with E-state index in [1.165, 1.54) is 19.3 Å². The van der Waals surface area contributed by atoms with Gasteiger partial charge in [0, 0.05) is 30.3 Å². The molecule has 2 aromatic rings. The second-order valence-electron chi connectivity index (χ2n) is 8.64. The zero-order valence-electron chi connectivity index (χ0n) is 19.5. The number of phenols is 4. The molecule has 0 saturated heterocycles. The van der Waals surface area contributed by atoms with Crippen LogP contribution in [0, 0.1) is 6.92 Å². The molecular formula is C25H38Br2N2O4. The fraction of sp³-hybridized carbons (Fsp3) is 0.520. The van der Waals surface area contributed by atoms with E-state index in [-0.39, 0.29) is 57.0 Å². The molecule has 0 aliphatic heterocycles. The Hall–Kier alpha value is -1.48. The molecule has 0 aromatic heterocycles. The molecule has 0 heterocycles. The van der Waals surface area contributed by atoms with Crippen molar-refractivity contribution < 1.29 is 20.4 Å². The summed E-state index contributed by atoms with van der Waals surface area (Å²) in [6, 6.07) is 7.25. The Morgan fingerprint density at radius 3 is 2.33 bits per heavy atom. The van der Waals surface area contributed by atoms with Crippen molar-refractivity contribution in [3.63, 3.8) is 0 Å². The highest BCUT2D eigenvalue weighted by Gasteiger charge is 2.26. The first-order chi connectivity index (χ1) is 14.9. The first-order valence-electron chi connectivity index (χ1n) is 11.4. The summed E-state index contributed by atoms with van der Waals surface area (Å²) in [6.45, 7) is 5.57. The molecule has 1 aliphatic carbocycles. The van der Waals surface area contributed by atoms with Crippen LogP contribution in [0.4, 0.5) is 0 Å². The van der Waals surface area contributed by atoms with Crippen molar-refractivity contribution in [3.05, 3.63) is 46.5 Å². The number of fused-ring (bicyclic) bond motifs is 1. The van der Waals surface area contributed by atoms with Crippen LogP contribution in [0.3, 0.4) is 0 Å². The van der Waals surface area contributed by atoms with E-state index in [2.05, 4.69) is 17.4 Å². The van der Waals surface area contributed by atoms with Gasteiger partial charge in [0.2, 0.25) is 0 Å². The molecule has 8 heteroatoms. The predicted molar refractivity (Wildman–Crippen MR) is 143 cm³/mol. The number of benzene rings is 2. The van der Waals surface area contributed by atoms with E-state index in [4.69, 9.17) is 0 Å². The van der Waals surface area contributed by atoms with Crippen LogP contribution in [0.1, 0.15) is 61.3 Å². The topological polar surface area (TPSA) is 96.2 Å². The number of hydrogen-bond acceptors (Lipinski definition) is 6. The molecule has 186 valence electrons. The highest BCUT2D eigenvalue weighted by molar-refractivity contribution is 8.93. The van der Waals surface area contributed by atoms with Crippen LogP contribution < -0.4 is 5.43 Å². The van der Waals surface area contributed by atoms with Crippen LogP contribution in [-0.2, 0) is 19.3 Å². The fourth-order valence-electron chi connectivity index (χ4n) is 4.40. The summed E-state index contributed by atoms with van der Waals surface area (Å²) in [6.07, 6.45) is 7.94. The standard InChI is InChI=1S/C25H36N2O4.2BrH/c1-3-4-5-6-13-27(26-12-11-18-14-23(29)17(2)24(30)15-18)20-8-9-21-19(16-20)7-10-22(28)25(21)31;;/h7,10,14-15,20,26,28-31H,3-6,8-9,11-13,16H2,1-2H3;2*1H. The number of rotatable bonds is 10. The number of halogens is 2. The van der Waals surface area contributed by atoms with E-state index in [0.717, 1.165) is 48.9 Å². The lowest BCUT2D eigenvalue weighted by atomic mass is 9.87. The number of nitrogens with zero attached hydrogens (tertiary/aromatic N) is 1. The maximum atomic E-state index is 10.2. The predicted octanol–water partition coefficient (Wildman–Crippen LogP) is 5.46. The number of unbranched alkanes of at least 4 members (excludes halogenated alkanes) is 3. The Labute approximate surface area is 218 Å². The molecule has 1 atom stereocenters. The molecule has 0 radical (unpaired) electrons. The van der Waals surface area contributed by atoms with Gasteiger partial charge in [-0.2, -0.15) is 0 Å². The number of nitrogens with one attached hydrogen (secondary N) is 1. The van der Waals surface area contributed by atoms with Crippen LogP contribution in [0.5, 0.6) is 23.0 Å². The summed E-state index contributed by atoms with van der Waals surface area (Å²) in [5.74, 6) is 0.227. The molecule has 5 N–H and O–H groups in total. The molecule has 6 nitrogen and oxygen atoms in total. The average Bonchev–Trinajstić information content (AvgIpc) is 2.76. The van der Waals surface area contributed by atoms with Gasteiger partial charge in [0.15, 0.2) is 11.5 Å². The summed E-state index contributed by atoms with van der Waals surface area (Å²) in [5, 5.41) is 42.2. The summed E-state index contributed by atoms with van der Waals surface area (Å²) < 4.78 is 0. The molecular weight excluding hydrogens is 552 g/mol. The molecule has 33 heavy (non-hydrogen) atoms. The third kappa shape index (κ3) is 7.77. The lowest BCUT2D eigenvalue weighted by Crippen LogP contribution is -2.49. The highest BCUT2D eigenvalue weighted by Crippen LogP contribution is 2.36. The Balaban J connectivity index is 0.00000272. The first kappa shape index (κ1) is 29.6. The Morgan fingerprint density at radius 1 is 0.970 bits per heavy atom. The van der Waals surface area contributed by atoms with Gasteiger partial charge in [0.1, 0.15) is 11.5 Å². The number of phenolic OH excluding ortho intramolecular Hbond substituents is 4. The van der Waals surface area contributed by atoms with E-state index < -0.39 is 0 Å². The van der Waals surface area contributed by atoms with Crippen molar-refractivity contribution in [1.82, 2.24) is 10.4 Å². The van der Waals surface area contributed by atoms with E-state index in [0.29, 0.717) is 24.6 Å². The fourth-order valence-corrected chi connectivity index (χ4v) is 4.40. The minimum atomic E-state index is -0.0450. The SMILES string of the molecule is Br.Br.CCCCCCN(NCCc1cc(O)c(C)c(O)c1)C1CCc2c(ccc(O)c2O)C1. The van der Waals surface area contributed by atoms with Crippen LogP contribution in [0.15, 0.2) is 24.3 Å². The Bertz CT molecular complexity index is 872. The van der Waals surface area contributed by atoms with Crippen LogP contribution in [0.25, 0.3) is 0 Å². The van der Waals surface area contributed by atoms with Gasteiger partial charge >= 0.3 is 0 Å². The number of hydrogen-bond donors (Lipinski definition) is 5. The van der Waals surface area contributed by atoms with E-state index in [1.54, 1.807) is 25.1 Å². The quantitative estimate of drug-likeness (QED) is 0.143. The maximum Gasteiger partial charge on any atom is 0.160 e. The van der Waals surface area contributed by atoms with Gasteiger partial charge in [-0.05, 0) is 68.4 Å². The molecule has 0 amide bonds. The first-order valence-corrected chi connectivity index (χ1v) is 11.4. The van der Waals surface area contributed by atoms with Gasteiger partial charge in [0.25, 0.3) is 0 Å². The molecule has 0 bridgehead atoms. The minimum Gasteiger partial charge on any atom is -0.508 e. The van der Waals surface area contributed by atoms with Gasteiger partial charge in [-0.25, -0.2) is 5.01 Å². The summed E-state index contributed by atoms with van der Waals surface area (Å²) in [4.78, 5) is 0. The van der Waals surface area contributed by atoms with Crippen molar-refractivity contribution in [1.29, 1.82) is 0 Å². The molecule has 1 aliphatic rings. The van der Waals surface area contributed by atoms with Crippen molar-refractivity contribution in [2.75, 3.05) is 13.1 Å². The molecule has 3 rings (SSSR count). The zero-order valence-corrected chi connectivity index (χ0v) is 22.9. The monoisotopic (exact) mass is 588 g/mol. The second kappa shape index (κ2) is 14.0. The lowest BCUT2D eigenvalue weighted by Gasteiger charge is -2.36. The van der Waals surface area contributed by atoms with E-state index >= 15 is 0 Å². The van der Waals surface area contributed by atoms with Gasteiger partial charge in [-0.15, -0.1) is 34.0 Å². The average molecular weight is 590 g/mol. The largest absolute Gasteiger partial charge is 0.508 e. The van der Waals surface area contributed by atoms with Crippen molar-refractivity contribution >= 4 is 34.0 Å². The molecule has 2 aromatic carbocycles. The van der Waals surface area contributed by atoms with E-state index in [1.807, 2.05) is 6.07 Å². The summed E-state index contributed by atoms with van der Waals surface area (Å²) >= 11 is 0. The normalized spacial score (nSPS) is 14.9. The smallest absolute Gasteiger partial charge is 0.160 e. The second-order valence-corrected chi connectivity index (χ2v) is 8.64. The Kier molecular flexibility index (Phi) is 12.6. The lowest BCUT2D eigenvalue weighted by molar-refractivity contribution is 0.109. The summed E-state index contributed by atoms with van der Waals surface area (Å²) in [7, 11) is 0. The third-order valence-corrected chi connectivity index (χ3v) is 6.38. The number of hydrazine groups is 1. The zero-order chi connectivity index (χ0) is 22.4. The Morgan fingerprint density at radius 2 is 1.67 bits per heavy atom. The third-order valence-electron chi connectivity index (χ3n) is 6.38. The highest BCUT2D eigenvalue weighted by atomic mass is 79.9. The van der Waals surface area contributed by atoms with Crippen molar-refractivity contribution in [2.45, 2.75) is 71.3 Å². The summed E-state index contributed by atoms with van der Waals surface area (Å²) in [5.41, 5.74) is 6.95. The molecule has 1 unspecified atom stereocenters. The van der Waals surface area contributed by atoms with E-state index in [9.17, 15) is 20.4 Å². The van der Waals surface area contributed by atoms with Crippen LogP contribution >= 0.6 is 34.0 Å². The minimum absolute atomic E-state index is 0. The molecule has 0 saturated carbocycles. The van der Waals surface area contributed by atoms with Crippen molar-refractivity contribution in [2.24, 2.45) is 0 Å². The number of aromatic hydroxyl groups is 4. The van der Waals surface area contributed by atoms with Crippen LogP contribution in [-0.4, -0.2) is 44.6 Å². The van der Waals surface area contributed by atoms with Gasteiger partial charge < -0.3 is 20.4 Å².